The average molecular weight is 548 g/mol. The molecule has 0 bridgehead atoms. The Morgan fingerprint density at radius 1 is 0.850 bits per heavy atom. The Morgan fingerprint density at radius 3 is 2.12 bits per heavy atom. The largest absolute Gasteiger partial charge is 0.478 e. The Morgan fingerprint density at radius 2 is 1.50 bits per heavy atom. The monoisotopic (exact) mass is 548 g/mol. The minimum Gasteiger partial charge on any atom is -0.478 e. The maximum absolute atomic E-state index is 13.5. The van der Waals surface area contributed by atoms with Gasteiger partial charge in [0.1, 0.15) is 16.9 Å². The molecule has 0 unspecified atom stereocenters. The molecule has 0 aliphatic carbocycles. The highest BCUT2D eigenvalue weighted by Crippen LogP contribution is 2.30. The lowest BCUT2D eigenvalue weighted by atomic mass is 10.0. The lowest BCUT2D eigenvalue weighted by molar-refractivity contribution is -0.137. The number of rotatable bonds is 7. The van der Waals surface area contributed by atoms with Crippen LogP contribution in [0.25, 0.3) is 22.2 Å². The van der Waals surface area contributed by atoms with E-state index in [0.29, 0.717) is 33.3 Å². The molecular formula is C29H20F4N4O3. The topological polar surface area (TPSA) is 97.1 Å². The normalized spacial score (nSPS) is 11.5. The number of halogens is 4. The quantitative estimate of drug-likeness (QED) is 0.246. The Bertz CT molecular complexity index is 1700. The van der Waals surface area contributed by atoms with Gasteiger partial charge in [0.2, 0.25) is 0 Å². The SMILES string of the molecule is O=C(O)c1ccc(CNC(=O)c2cc(-c3ccc(F)cc3)cc3nnn(Cc4ccc(C(F)(F)F)cc4)c23)cc1. The number of aromatic nitrogens is 3. The molecule has 40 heavy (non-hydrogen) atoms. The molecular weight excluding hydrogens is 528 g/mol. The Kier molecular flexibility index (Phi) is 7.03. The average Bonchev–Trinajstić information content (AvgIpc) is 3.34. The van der Waals surface area contributed by atoms with Gasteiger partial charge in [-0.25, -0.2) is 13.9 Å². The van der Waals surface area contributed by atoms with Crippen molar-refractivity contribution in [2.24, 2.45) is 0 Å². The highest BCUT2D eigenvalue weighted by atomic mass is 19.4. The van der Waals surface area contributed by atoms with Crippen molar-refractivity contribution in [3.05, 3.63) is 119 Å². The number of hydrogen-bond acceptors (Lipinski definition) is 4. The molecule has 5 aromatic rings. The van der Waals surface area contributed by atoms with Gasteiger partial charge in [0.15, 0.2) is 0 Å². The summed E-state index contributed by atoms with van der Waals surface area (Å²) in [7, 11) is 0. The van der Waals surface area contributed by atoms with E-state index >= 15 is 0 Å². The number of hydrogen-bond donors (Lipinski definition) is 2. The summed E-state index contributed by atoms with van der Waals surface area (Å²) < 4.78 is 53.9. The summed E-state index contributed by atoms with van der Waals surface area (Å²) in [4.78, 5) is 24.5. The molecule has 11 heteroatoms. The summed E-state index contributed by atoms with van der Waals surface area (Å²) >= 11 is 0. The van der Waals surface area contributed by atoms with Crippen molar-refractivity contribution in [2.75, 3.05) is 0 Å². The number of amides is 1. The van der Waals surface area contributed by atoms with Crippen LogP contribution in [0.1, 0.15) is 37.4 Å². The molecule has 0 radical (unpaired) electrons. The summed E-state index contributed by atoms with van der Waals surface area (Å²) in [5, 5.41) is 20.2. The second kappa shape index (κ2) is 10.6. The zero-order chi connectivity index (χ0) is 28.4. The van der Waals surface area contributed by atoms with Crippen LogP contribution >= 0.6 is 0 Å². The van der Waals surface area contributed by atoms with E-state index < -0.39 is 29.4 Å². The predicted molar refractivity (Wildman–Crippen MR) is 138 cm³/mol. The summed E-state index contributed by atoms with van der Waals surface area (Å²) in [6, 6.07) is 19.7. The molecule has 0 aliphatic rings. The first-order chi connectivity index (χ1) is 19.1. The van der Waals surface area contributed by atoms with Gasteiger partial charge in [-0.15, -0.1) is 5.10 Å². The van der Waals surface area contributed by atoms with Crippen LogP contribution in [0.5, 0.6) is 0 Å². The first kappa shape index (κ1) is 26.5. The van der Waals surface area contributed by atoms with Crippen LogP contribution < -0.4 is 5.32 Å². The van der Waals surface area contributed by atoms with Crippen molar-refractivity contribution in [3.8, 4) is 11.1 Å². The Labute approximate surface area is 224 Å². The van der Waals surface area contributed by atoms with E-state index in [1.165, 1.54) is 41.1 Å². The molecule has 0 aliphatic heterocycles. The molecule has 0 saturated carbocycles. The molecule has 0 fully saturated rings. The maximum atomic E-state index is 13.5. The number of carbonyl (C=O) groups is 2. The molecule has 7 nitrogen and oxygen atoms in total. The van der Waals surface area contributed by atoms with Crippen molar-refractivity contribution in [3.63, 3.8) is 0 Å². The van der Waals surface area contributed by atoms with Crippen LogP contribution in [0.15, 0.2) is 84.9 Å². The smallest absolute Gasteiger partial charge is 0.416 e. The third-order valence-electron chi connectivity index (χ3n) is 6.30. The Hall–Kier alpha value is -5.06. The summed E-state index contributed by atoms with van der Waals surface area (Å²) in [6.07, 6.45) is -4.46. The number of alkyl halides is 3. The molecule has 202 valence electrons. The second-order valence-corrected chi connectivity index (χ2v) is 9.02. The number of carboxylic acid groups (broad SMARTS) is 1. The third-order valence-corrected chi connectivity index (χ3v) is 6.30. The molecule has 2 N–H and O–H groups in total. The standard InChI is InChI=1S/C29H20F4N4O3/c30-23-11-7-19(8-12-23)21-13-24(27(38)34-15-17-1-5-20(6-2-17)28(39)40)26-25(14-21)35-36-37(26)16-18-3-9-22(10-4-18)29(31,32)33/h1-14H,15-16H2,(H,34,38)(H,39,40). The zero-order valence-electron chi connectivity index (χ0n) is 20.6. The van der Waals surface area contributed by atoms with E-state index in [9.17, 15) is 27.2 Å². The first-order valence-electron chi connectivity index (χ1n) is 12.0. The summed E-state index contributed by atoms with van der Waals surface area (Å²) in [6.45, 7) is 0.156. The van der Waals surface area contributed by atoms with Gasteiger partial charge in [-0.05, 0) is 70.8 Å². The number of fused-ring (bicyclic) bond motifs is 1. The van der Waals surface area contributed by atoms with Crippen molar-refractivity contribution < 1.29 is 32.3 Å². The fraction of sp³-hybridized carbons (Fsp3) is 0.103. The third kappa shape index (κ3) is 5.68. The van der Waals surface area contributed by atoms with Gasteiger partial charge < -0.3 is 10.4 Å². The van der Waals surface area contributed by atoms with Crippen LogP contribution in [-0.2, 0) is 19.3 Å². The number of aromatic carboxylic acids is 1. The van der Waals surface area contributed by atoms with E-state index in [-0.39, 0.29) is 24.2 Å². The predicted octanol–water partition coefficient (Wildman–Crippen LogP) is 5.93. The van der Waals surface area contributed by atoms with Crippen molar-refractivity contribution in [1.29, 1.82) is 0 Å². The number of nitrogens with one attached hydrogen (secondary N) is 1. The number of benzene rings is 4. The molecule has 0 atom stereocenters. The van der Waals surface area contributed by atoms with Crippen molar-refractivity contribution in [1.82, 2.24) is 20.3 Å². The number of carboxylic acids is 1. The van der Waals surface area contributed by atoms with E-state index in [0.717, 1.165) is 12.1 Å². The first-order valence-corrected chi connectivity index (χ1v) is 12.0. The molecule has 0 saturated heterocycles. The van der Waals surface area contributed by atoms with Gasteiger partial charge >= 0.3 is 12.1 Å². The van der Waals surface area contributed by atoms with Gasteiger partial charge in [0, 0.05) is 6.54 Å². The van der Waals surface area contributed by atoms with Crippen LogP contribution in [0, 0.1) is 5.82 Å². The minimum atomic E-state index is -4.46. The number of carbonyl (C=O) groups excluding carboxylic acids is 1. The minimum absolute atomic E-state index is 0.0570. The van der Waals surface area contributed by atoms with Crippen LogP contribution in [-0.4, -0.2) is 32.0 Å². The van der Waals surface area contributed by atoms with E-state index in [2.05, 4.69) is 15.6 Å². The second-order valence-electron chi connectivity index (χ2n) is 9.02. The van der Waals surface area contributed by atoms with E-state index in [1.807, 2.05) is 0 Å². The van der Waals surface area contributed by atoms with Crippen LogP contribution in [0.2, 0.25) is 0 Å². The van der Waals surface area contributed by atoms with E-state index in [4.69, 9.17) is 5.11 Å². The highest BCUT2D eigenvalue weighted by molar-refractivity contribution is 6.06. The molecule has 1 amide bonds. The zero-order valence-corrected chi connectivity index (χ0v) is 20.6. The maximum Gasteiger partial charge on any atom is 0.416 e. The number of nitrogens with zero attached hydrogens (tertiary/aromatic N) is 3. The lowest BCUT2D eigenvalue weighted by Gasteiger charge is -2.12. The van der Waals surface area contributed by atoms with Gasteiger partial charge in [-0.2, -0.15) is 13.2 Å². The molecule has 1 heterocycles. The molecule has 1 aromatic heterocycles. The van der Waals surface area contributed by atoms with Gasteiger partial charge in [0.25, 0.3) is 5.91 Å². The molecule has 4 aromatic carbocycles. The highest BCUT2D eigenvalue weighted by Gasteiger charge is 2.30. The summed E-state index contributed by atoms with van der Waals surface area (Å²) in [5.74, 6) is -1.96. The van der Waals surface area contributed by atoms with E-state index in [1.54, 1.807) is 36.4 Å². The van der Waals surface area contributed by atoms with Gasteiger partial charge in [-0.1, -0.05) is 41.6 Å². The summed E-state index contributed by atoms with van der Waals surface area (Å²) in [5.41, 5.74) is 2.68. The Balaban J connectivity index is 1.50. The van der Waals surface area contributed by atoms with Crippen molar-refractivity contribution in [2.45, 2.75) is 19.3 Å². The van der Waals surface area contributed by atoms with Gasteiger partial charge in [0.05, 0.1) is 23.2 Å². The van der Waals surface area contributed by atoms with Crippen LogP contribution in [0.4, 0.5) is 17.6 Å². The van der Waals surface area contributed by atoms with Crippen LogP contribution in [0.3, 0.4) is 0 Å². The molecule has 0 spiro atoms. The fourth-order valence-electron chi connectivity index (χ4n) is 4.22. The lowest BCUT2D eigenvalue weighted by Crippen LogP contribution is -2.24. The van der Waals surface area contributed by atoms with Crippen molar-refractivity contribution >= 4 is 22.9 Å². The van der Waals surface area contributed by atoms with Gasteiger partial charge in [-0.3, -0.25) is 4.79 Å². The fourth-order valence-corrected chi connectivity index (χ4v) is 4.22. The molecule has 5 rings (SSSR count).